The van der Waals surface area contributed by atoms with E-state index in [0.717, 1.165) is 16.6 Å². The molecule has 0 radical (unpaired) electrons. The summed E-state index contributed by atoms with van der Waals surface area (Å²) >= 11 is 0. The largest absolute Gasteiger partial charge is 0.356 e. The molecule has 2 rings (SSSR count). The Kier molecular flexibility index (Phi) is 5.05. The highest BCUT2D eigenvalue weighted by Crippen LogP contribution is 2.16. The number of fused-ring (bicyclic) bond motifs is 1. The van der Waals surface area contributed by atoms with Gasteiger partial charge in [-0.1, -0.05) is 11.6 Å². The number of nitrogens with two attached hydrogens (primary N) is 1. The van der Waals surface area contributed by atoms with Gasteiger partial charge in [0.2, 0.25) is 5.95 Å². The van der Waals surface area contributed by atoms with Crippen LogP contribution in [0.4, 0.5) is 5.95 Å². The standard InChI is InChI=1S/C15H24N6O2/c1-10(2)6-9-21-11-12(18-14(21)17-8-5-7-16)19(3)15(23)20(4)13(11)22/h6H,5,7-9,16H2,1-4H3,(H,17,18). The number of nitrogens with one attached hydrogen (secondary N) is 1. The molecule has 0 unspecified atom stereocenters. The summed E-state index contributed by atoms with van der Waals surface area (Å²) in [6.45, 7) is 5.73. The van der Waals surface area contributed by atoms with Crippen LogP contribution in [-0.4, -0.2) is 31.8 Å². The molecule has 0 aliphatic rings. The Labute approximate surface area is 134 Å². The topological polar surface area (TPSA) is 99.9 Å². The Morgan fingerprint density at radius 1 is 1.26 bits per heavy atom. The molecule has 0 bridgehead atoms. The van der Waals surface area contributed by atoms with Crippen LogP contribution < -0.4 is 22.3 Å². The molecule has 23 heavy (non-hydrogen) atoms. The first-order valence-electron chi connectivity index (χ1n) is 7.62. The van der Waals surface area contributed by atoms with Crippen LogP contribution in [0.25, 0.3) is 11.2 Å². The molecule has 0 fully saturated rings. The van der Waals surface area contributed by atoms with E-state index in [2.05, 4.69) is 10.3 Å². The van der Waals surface area contributed by atoms with E-state index in [0.29, 0.717) is 36.7 Å². The third-order valence-electron chi connectivity index (χ3n) is 3.69. The van der Waals surface area contributed by atoms with Crippen molar-refractivity contribution in [3.63, 3.8) is 0 Å². The molecule has 126 valence electrons. The van der Waals surface area contributed by atoms with Crippen molar-refractivity contribution in [1.29, 1.82) is 0 Å². The quantitative estimate of drug-likeness (QED) is 0.583. The van der Waals surface area contributed by atoms with Crippen LogP contribution in [-0.2, 0) is 20.6 Å². The van der Waals surface area contributed by atoms with Crippen molar-refractivity contribution < 1.29 is 0 Å². The number of hydrogen-bond donors (Lipinski definition) is 2. The fraction of sp³-hybridized carbons (Fsp3) is 0.533. The fourth-order valence-electron chi connectivity index (χ4n) is 2.34. The first-order valence-corrected chi connectivity index (χ1v) is 7.62. The number of hydrogen-bond acceptors (Lipinski definition) is 5. The molecule has 2 aromatic heterocycles. The van der Waals surface area contributed by atoms with E-state index in [1.807, 2.05) is 19.9 Å². The van der Waals surface area contributed by atoms with Crippen LogP contribution in [0.5, 0.6) is 0 Å². The smallest absolute Gasteiger partial charge is 0.332 e. The lowest BCUT2D eigenvalue weighted by Gasteiger charge is -2.09. The molecule has 0 amide bonds. The van der Waals surface area contributed by atoms with Crippen molar-refractivity contribution >= 4 is 17.1 Å². The Bertz CT molecular complexity index is 851. The van der Waals surface area contributed by atoms with Gasteiger partial charge in [-0.05, 0) is 26.8 Å². The maximum absolute atomic E-state index is 12.5. The minimum absolute atomic E-state index is 0.343. The van der Waals surface area contributed by atoms with Crippen molar-refractivity contribution in [3.8, 4) is 0 Å². The Morgan fingerprint density at radius 2 is 1.96 bits per heavy atom. The zero-order chi connectivity index (χ0) is 17.1. The van der Waals surface area contributed by atoms with Crippen LogP contribution >= 0.6 is 0 Å². The Morgan fingerprint density at radius 3 is 2.57 bits per heavy atom. The van der Waals surface area contributed by atoms with Crippen LogP contribution in [0.3, 0.4) is 0 Å². The first-order chi connectivity index (χ1) is 10.9. The second-order valence-corrected chi connectivity index (χ2v) is 5.77. The molecule has 0 aromatic carbocycles. The molecule has 0 saturated carbocycles. The minimum Gasteiger partial charge on any atom is -0.356 e. The number of nitrogens with zero attached hydrogens (tertiary/aromatic N) is 4. The summed E-state index contributed by atoms with van der Waals surface area (Å²) < 4.78 is 4.30. The number of allylic oxidation sites excluding steroid dienone is 2. The van der Waals surface area contributed by atoms with Gasteiger partial charge in [0.15, 0.2) is 11.2 Å². The molecule has 8 heteroatoms. The normalized spacial score (nSPS) is 11.0. The zero-order valence-corrected chi connectivity index (χ0v) is 14.1. The second-order valence-electron chi connectivity index (χ2n) is 5.77. The maximum Gasteiger partial charge on any atom is 0.332 e. The Hall–Kier alpha value is -2.35. The second kappa shape index (κ2) is 6.82. The van der Waals surface area contributed by atoms with Crippen LogP contribution in [0.2, 0.25) is 0 Å². The summed E-state index contributed by atoms with van der Waals surface area (Å²) in [6.07, 6.45) is 2.81. The van der Waals surface area contributed by atoms with E-state index in [1.165, 1.54) is 11.6 Å². The van der Waals surface area contributed by atoms with Crippen molar-refractivity contribution in [3.05, 3.63) is 32.5 Å². The summed E-state index contributed by atoms with van der Waals surface area (Å²) in [5.41, 5.74) is 6.73. The van der Waals surface area contributed by atoms with Gasteiger partial charge in [0.05, 0.1) is 0 Å². The average molecular weight is 320 g/mol. The molecule has 2 heterocycles. The van der Waals surface area contributed by atoms with E-state index in [1.54, 1.807) is 11.6 Å². The summed E-state index contributed by atoms with van der Waals surface area (Å²) in [5, 5.41) is 3.20. The van der Waals surface area contributed by atoms with Gasteiger partial charge in [-0.25, -0.2) is 4.79 Å². The van der Waals surface area contributed by atoms with Crippen LogP contribution in [0, 0.1) is 0 Å². The molecule has 0 saturated heterocycles. The summed E-state index contributed by atoms with van der Waals surface area (Å²) in [5.74, 6) is 0.573. The van der Waals surface area contributed by atoms with E-state index < -0.39 is 0 Å². The van der Waals surface area contributed by atoms with E-state index in [9.17, 15) is 9.59 Å². The van der Waals surface area contributed by atoms with Gasteiger partial charge in [0.1, 0.15) is 0 Å². The third kappa shape index (κ3) is 3.21. The molecule has 0 spiro atoms. The Balaban J connectivity index is 2.69. The van der Waals surface area contributed by atoms with Gasteiger partial charge in [-0.15, -0.1) is 0 Å². The molecule has 2 aromatic rings. The van der Waals surface area contributed by atoms with Gasteiger partial charge in [-0.3, -0.25) is 13.9 Å². The highest BCUT2D eigenvalue weighted by atomic mass is 16.2. The van der Waals surface area contributed by atoms with Gasteiger partial charge in [0.25, 0.3) is 5.56 Å². The number of rotatable bonds is 6. The molecular weight excluding hydrogens is 296 g/mol. The van der Waals surface area contributed by atoms with E-state index >= 15 is 0 Å². The minimum atomic E-state index is -0.386. The number of anilines is 1. The maximum atomic E-state index is 12.5. The summed E-state index contributed by atoms with van der Waals surface area (Å²) in [4.78, 5) is 29.1. The molecule has 0 aliphatic carbocycles. The lowest BCUT2D eigenvalue weighted by Crippen LogP contribution is -2.37. The van der Waals surface area contributed by atoms with Crippen molar-refractivity contribution in [2.45, 2.75) is 26.8 Å². The molecular formula is C15H24N6O2. The number of aryl methyl sites for hydroxylation is 1. The zero-order valence-electron chi connectivity index (χ0n) is 14.1. The monoisotopic (exact) mass is 320 g/mol. The third-order valence-corrected chi connectivity index (χ3v) is 3.69. The SMILES string of the molecule is CC(C)=CCn1c(NCCCN)nc2c1c(=O)n(C)c(=O)n2C. The first kappa shape index (κ1) is 17.0. The lowest BCUT2D eigenvalue weighted by atomic mass is 10.3. The number of imidazole rings is 1. The summed E-state index contributed by atoms with van der Waals surface area (Å²) in [6, 6.07) is 0. The van der Waals surface area contributed by atoms with Gasteiger partial charge in [0, 0.05) is 27.2 Å². The lowest BCUT2D eigenvalue weighted by molar-refractivity contribution is 0.703. The van der Waals surface area contributed by atoms with Crippen molar-refractivity contribution in [1.82, 2.24) is 18.7 Å². The van der Waals surface area contributed by atoms with Crippen molar-refractivity contribution in [2.24, 2.45) is 19.8 Å². The van der Waals surface area contributed by atoms with Gasteiger partial charge >= 0.3 is 5.69 Å². The fourth-order valence-corrected chi connectivity index (χ4v) is 2.34. The van der Waals surface area contributed by atoms with Gasteiger partial charge < -0.3 is 15.6 Å². The summed E-state index contributed by atoms with van der Waals surface area (Å²) in [7, 11) is 3.09. The molecule has 0 atom stereocenters. The number of aromatic nitrogens is 4. The predicted molar refractivity (Wildman–Crippen MR) is 91.8 cm³/mol. The molecule has 8 nitrogen and oxygen atoms in total. The van der Waals surface area contributed by atoms with Crippen LogP contribution in [0.1, 0.15) is 20.3 Å². The van der Waals surface area contributed by atoms with Crippen molar-refractivity contribution in [2.75, 3.05) is 18.4 Å². The highest BCUT2D eigenvalue weighted by molar-refractivity contribution is 5.74. The predicted octanol–water partition coefficient (Wildman–Crippen LogP) is 0.161. The highest BCUT2D eigenvalue weighted by Gasteiger charge is 2.18. The van der Waals surface area contributed by atoms with Crippen LogP contribution in [0.15, 0.2) is 21.2 Å². The molecule has 0 aliphatic heterocycles. The van der Waals surface area contributed by atoms with E-state index in [4.69, 9.17) is 5.73 Å². The molecule has 3 N–H and O–H groups in total. The average Bonchev–Trinajstić information content (AvgIpc) is 2.88. The van der Waals surface area contributed by atoms with E-state index in [-0.39, 0.29) is 11.2 Å². The van der Waals surface area contributed by atoms with Gasteiger partial charge in [-0.2, -0.15) is 4.98 Å².